The zero-order valence-corrected chi connectivity index (χ0v) is 12.9. The van der Waals surface area contributed by atoms with Crippen LogP contribution in [0.15, 0.2) is 30.3 Å². The topological polar surface area (TPSA) is 112 Å². The maximum Gasteiger partial charge on any atom is 0.307 e. The first-order valence-electron chi connectivity index (χ1n) is 7.10. The van der Waals surface area contributed by atoms with Crippen molar-refractivity contribution in [2.75, 3.05) is 6.16 Å². The summed E-state index contributed by atoms with van der Waals surface area (Å²) in [5, 5.41) is 28.1. The van der Waals surface area contributed by atoms with E-state index in [9.17, 15) is 24.4 Å². The molecular formula is C15H19O6P. The van der Waals surface area contributed by atoms with Gasteiger partial charge in [-0.1, -0.05) is 30.3 Å². The van der Waals surface area contributed by atoms with Gasteiger partial charge in [0.15, 0.2) is 0 Å². The molecule has 22 heavy (non-hydrogen) atoms. The number of aliphatic hydroxyl groups is 1. The standard InChI is InChI=1S/C15H19O6P/c16-13(6-9-4-2-1-3-5-9)22(21)8-12(15(19)20)10-7-11(10)14(17)18/h1-5,10-13,16,22H,6-8H2,(H,17,18)(H,19,20). The highest BCUT2D eigenvalue weighted by atomic mass is 31.1. The molecule has 3 N–H and O–H groups in total. The number of aliphatic carboxylic acids is 2. The van der Waals surface area contributed by atoms with Gasteiger partial charge in [0, 0.05) is 12.6 Å². The number of benzene rings is 1. The highest BCUT2D eigenvalue weighted by Crippen LogP contribution is 2.48. The maximum absolute atomic E-state index is 12.2. The fourth-order valence-electron chi connectivity index (χ4n) is 2.67. The lowest BCUT2D eigenvalue weighted by Crippen LogP contribution is -2.22. The van der Waals surface area contributed by atoms with Crippen molar-refractivity contribution >= 4 is 19.7 Å². The van der Waals surface area contributed by atoms with Crippen molar-refractivity contribution < 1.29 is 29.5 Å². The molecule has 2 rings (SSSR count). The highest BCUT2D eigenvalue weighted by molar-refractivity contribution is 7.45. The third-order valence-electron chi connectivity index (χ3n) is 4.06. The van der Waals surface area contributed by atoms with Crippen molar-refractivity contribution in [2.45, 2.75) is 18.7 Å². The van der Waals surface area contributed by atoms with Crippen molar-refractivity contribution in [3.05, 3.63) is 35.9 Å². The molecule has 5 unspecified atom stereocenters. The molecule has 0 saturated heterocycles. The molecule has 1 aliphatic rings. The van der Waals surface area contributed by atoms with E-state index >= 15 is 0 Å². The zero-order chi connectivity index (χ0) is 16.3. The first-order valence-corrected chi connectivity index (χ1v) is 8.79. The van der Waals surface area contributed by atoms with Gasteiger partial charge < -0.3 is 19.9 Å². The Morgan fingerprint density at radius 2 is 1.86 bits per heavy atom. The van der Waals surface area contributed by atoms with Crippen LogP contribution >= 0.6 is 7.80 Å². The molecule has 6 nitrogen and oxygen atoms in total. The molecule has 1 aliphatic carbocycles. The Kier molecular flexibility index (Phi) is 5.37. The fraction of sp³-hybridized carbons (Fsp3) is 0.467. The number of carbonyl (C=O) groups is 2. The quantitative estimate of drug-likeness (QED) is 0.625. The Balaban J connectivity index is 1.94. The molecule has 0 heterocycles. The van der Waals surface area contributed by atoms with Gasteiger partial charge in [0.05, 0.1) is 11.8 Å². The van der Waals surface area contributed by atoms with Gasteiger partial charge in [0.1, 0.15) is 13.6 Å². The average molecular weight is 326 g/mol. The van der Waals surface area contributed by atoms with Crippen LogP contribution in [0.25, 0.3) is 0 Å². The van der Waals surface area contributed by atoms with E-state index in [4.69, 9.17) is 5.11 Å². The molecule has 1 aromatic carbocycles. The summed E-state index contributed by atoms with van der Waals surface area (Å²) in [4.78, 5) is 22.1. The number of hydrogen-bond donors (Lipinski definition) is 3. The largest absolute Gasteiger partial charge is 0.481 e. The van der Waals surface area contributed by atoms with Gasteiger partial charge in [0.2, 0.25) is 0 Å². The van der Waals surface area contributed by atoms with Crippen molar-refractivity contribution in [3.8, 4) is 0 Å². The molecule has 0 spiro atoms. The van der Waals surface area contributed by atoms with Gasteiger partial charge in [-0.25, -0.2) is 0 Å². The highest BCUT2D eigenvalue weighted by Gasteiger charge is 2.51. The maximum atomic E-state index is 12.2. The van der Waals surface area contributed by atoms with Crippen LogP contribution in [0, 0.1) is 17.8 Å². The van der Waals surface area contributed by atoms with Crippen LogP contribution < -0.4 is 0 Å². The predicted molar refractivity (Wildman–Crippen MR) is 80.4 cm³/mol. The third-order valence-corrected chi connectivity index (χ3v) is 5.85. The normalized spacial score (nSPS) is 24.2. The lowest BCUT2D eigenvalue weighted by molar-refractivity contribution is -0.142. The number of aliphatic hydroxyl groups excluding tert-OH is 1. The van der Waals surface area contributed by atoms with Gasteiger partial charge in [-0.05, 0) is 17.9 Å². The zero-order valence-electron chi connectivity index (χ0n) is 11.9. The summed E-state index contributed by atoms with van der Waals surface area (Å²) < 4.78 is 12.2. The van der Waals surface area contributed by atoms with Gasteiger partial charge in [-0.2, -0.15) is 0 Å². The summed E-state index contributed by atoms with van der Waals surface area (Å²) in [6, 6.07) is 9.04. The molecule has 0 amide bonds. The van der Waals surface area contributed by atoms with E-state index in [0.29, 0.717) is 6.42 Å². The Morgan fingerprint density at radius 1 is 1.23 bits per heavy atom. The average Bonchev–Trinajstić information content (AvgIpc) is 3.25. The molecule has 120 valence electrons. The van der Waals surface area contributed by atoms with Crippen LogP contribution in [0.1, 0.15) is 12.0 Å². The summed E-state index contributed by atoms with van der Waals surface area (Å²) in [5.74, 6) is -5.34. The van der Waals surface area contributed by atoms with Crippen LogP contribution in [0.2, 0.25) is 0 Å². The molecule has 7 heteroatoms. The minimum atomic E-state index is -2.53. The number of rotatable bonds is 8. The first kappa shape index (κ1) is 16.7. The minimum Gasteiger partial charge on any atom is -0.481 e. The molecule has 5 atom stereocenters. The number of carboxylic acid groups (broad SMARTS) is 2. The van der Waals surface area contributed by atoms with E-state index in [1.54, 1.807) is 24.3 Å². The van der Waals surface area contributed by atoms with Crippen molar-refractivity contribution in [3.63, 3.8) is 0 Å². The van der Waals surface area contributed by atoms with E-state index < -0.39 is 43.3 Å². The lowest BCUT2D eigenvalue weighted by Gasteiger charge is -2.15. The van der Waals surface area contributed by atoms with Gasteiger partial charge in [0.25, 0.3) is 0 Å². The summed E-state index contributed by atoms with van der Waals surface area (Å²) >= 11 is 0. The molecule has 1 saturated carbocycles. The van der Waals surface area contributed by atoms with Crippen LogP contribution in [-0.2, 0) is 20.6 Å². The first-order chi connectivity index (χ1) is 10.4. The van der Waals surface area contributed by atoms with Gasteiger partial charge in [-0.3, -0.25) is 9.59 Å². The van der Waals surface area contributed by atoms with Crippen molar-refractivity contribution in [1.82, 2.24) is 0 Å². The molecule has 0 aliphatic heterocycles. The van der Waals surface area contributed by atoms with Crippen LogP contribution in [0.5, 0.6) is 0 Å². The van der Waals surface area contributed by atoms with E-state index in [-0.39, 0.29) is 12.6 Å². The van der Waals surface area contributed by atoms with E-state index in [1.165, 1.54) is 0 Å². The van der Waals surface area contributed by atoms with Crippen molar-refractivity contribution in [2.24, 2.45) is 17.8 Å². The summed E-state index contributed by atoms with van der Waals surface area (Å²) in [6.45, 7) is 0. The molecule has 1 aromatic rings. The summed E-state index contributed by atoms with van der Waals surface area (Å²) in [5.41, 5.74) is 0.829. The number of hydrogen-bond acceptors (Lipinski definition) is 4. The second-order valence-electron chi connectivity index (χ2n) is 5.66. The monoisotopic (exact) mass is 326 g/mol. The van der Waals surface area contributed by atoms with Crippen molar-refractivity contribution in [1.29, 1.82) is 0 Å². The predicted octanol–water partition coefficient (Wildman–Crippen LogP) is 1.53. The fourth-order valence-corrected chi connectivity index (χ4v) is 4.32. The Labute approximate surface area is 128 Å². The van der Waals surface area contributed by atoms with E-state index in [2.05, 4.69) is 0 Å². The smallest absolute Gasteiger partial charge is 0.307 e. The van der Waals surface area contributed by atoms with Gasteiger partial charge in [-0.15, -0.1) is 0 Å². The molecule has 0 radical (unpaired) electrons. The van der Waals surface area contributed by atoms with Crippen LogP contribution in [-0.4, -0.2) is 39.3 Å². The Bertz CT molecular complexity index is 573. The lowest BCUT2D eigenvalue weighted by atomic mass is 10.1. The van der Waals surface area contributed by atoms with Gasteiger partial charge >= 0.3 is 11.9 Å². The summed E-state index contributed by atoms with van der Waals surface area (Å²) in [6.07, 6.45) is 0.358. The SMILES string of the molecule is O=C(O)C1CC1C(C[PH](=O)C(O)Cc1ccccc1)C(=O)O. The third kappa shape index (κ3) is 4.18. The molecule has 0 aromatic heterocycles. The van der Waals surface area contributed by atoms with E-state index in [0.717, 1.165) is 5.56 Å². The Hall–Kier alpha value is -1.65. The Morgan fingerprint density at radius 3 is 2.36 bits per heavy atom. The minimum absolute atomic E-state index is 0.150. The second kappa shape index (κ2) is 7.07. The van der Waals surface area contributed by atoms with E-state index in [1.807, 2.05) is 6.07 Å². The number of carboxylic acids is 2. The molecule has 1 fully saturated rings. The van der Waals surface area contributed by atoms with Crippen LogP contribution in [0.3, 0.4) is 0 Å². The summed E-state index contributed by atoms with van der Waals surface area (Å²) in [7, 11) is -2.53. The molecule has 0 bridgehead atoms. The van der Waals surface area contributed by atoms with Crippen LogP contribution in [0.4, 0.5) is 0 Å². The second-order valence-corrected chi connectivity index (χ2v) is 7.67. The molecular weight excluding hydrogens is 307 g/mol.